The van der Waals surface area contributed by atoms with E-state index in [2.05, 4.69) is 19.8 Å². The van der Waals surface area contributed by atoms with Gasteiger partial charge in [0.25, 0.3) is 0 Å². The number of pyridine rings is 2. The zero-order valence-electron chi connectivity index (χ0n) is 32.2. The summed E-state index contributed by atoms with van der Waals surface area (Å²) in [5.74, 6) is -1.07. The molecular weight excluding hydrogens is 879 g/mol. The van der Waals surface area contributed by atoms with Gasteiger partial charge in [-0.2, -0.15) is 0 Å². The molecule has 4 aromatic carbocycles. The molecule has 0 aliphatic carbocycles. The summed E-state index contributed by atoms with van der Waals surface area (Å²) in [4.78, 5) is 47.9. The van der Waals surface area contributed by atoms with Gasteiger partial charge in [-0.25, -0.2) is 0 Å². The first-order valence-corrected chi connectivity index (χ1v) is 18.4. The Kier molecular flexibility index (Phi) is 18.0. The molecule has 0 aliphatic heterocycles. The maximum Gasteiger partial charge on any atom is 3.00 e. The number of carbonyl (C=O) groups is 3. The first-order chi connectivity index (χ1) is 27.6. The number of carbonyl (C=O) groups excluding carboxylic acids is 3. The van der Waals surface area contributed by atoms with Gasteiger partial charge in [0.05, 0.1) is 11.4 Å². The molecule has 6 rings (SSSR count). The summed E-state index contributed by atoms with van der Waals surface area (Å²) in [7, 11) is 0. The van der Waals surface area contributed by atoms with Crippen LogP contribution < -0.4 is 15.3 Å². The Morgan fingerprint density at radius 1 is 0.586 bits per heavy atom. The van der Waals surface area contributed by atoms with E-state index >= 15 is 0 Å². The number of allylic oxidation sites excluding steroid dienone is 1. The van der Waals surface area contributed by atoms with Crippen LogP contribution in [0.25, 0.3) is 5.76 Å². The summed E-state index contributed by atoms with van der Waals surface area (Å²) in [6.07, 6.45) is 5.80. The van der Waals surface area contributed by atoms with E-state index in [1.807, 2.05) is 74.5 Å². The van der Waals surface area contributed by atoms with Crippen molar-refractivity contribution >= 4 is 24.1 Å². The SMILES string of the molecule is Cc1cc(C=O)c([O-])c(CN(CCN(Cc2ccccn2)Cc2cc(C)cc(C=O)c2[O-])Cc2ccccn2)c1.O=C(/C=C(\[O-])c1ccccc1)c1ccccc1.[Dy+3]. The molecule has 0 saturated carbocycles. The van der Waals surface area contributed by atoms with Gasteiger partial charge in [-0.3, -0.25) is 34.2 Å². The summed E-state index contributed by atoms with van der Waals surface area (Å²) < 4.78 is 0. The van der Waals surface area contributed by atoms with Gasteiger partial charge in [0.2, 0.25) is 0 Å². The van der Waals surface area contributed by atoms with E-state index in [0.717, 1.165) is 28.6 Å². The zero-order valence-corrected chi connectivity index (χ0v) is 34.3. The average molecular weight is 922 g/mol. The summed E-state index contributed by atoms with van der Waals surface area (Å²) in [5, 5.41) is 37.6. The van der Waals surface area contributed by atoms with Crippen LogP contribution in [0.2, 0.25) is 0 Å². The first-order valence-electron chi connectivity index (χ1n) is 18.4. The second kappa shape index (κ2) is 23.1. The molecule has 0 saturated heterocycles. The van der Waals surface area contributed by atoms with Crippen LogP contribution in [0.5, 0.6) is 11.5 Å². The molecule has 0 spiro atoms. The number of nitrogens with zero attached hydrogens (tertiary/aromatic N) is 4. The van der Waals surface area contributed by atoms with Crippen LogP contribution >= 0.6 is 0 Å². The Labute approximate surface area is 369 Å². The van der Waals surface area contributed by atoms with E-state index in [9.17, 15) is 29.7 Å². The molecule has 297 valence electrons. The predicted molar refractivity (Wildman–Crippen MR) is 214 cm³/mol. The third-order valence-corrected chi connectivity index (χ3v) is 9.05. The fourth-order valence-electron chi connectivity index (χ4n) is 6.29. The molecule has 0 amide bonds. The fraction of sp³-hybridized carbons (Fsp3) is 0.170. The van der Waals surface area contributed by atoms with Crippen LogP contribution in [0, 0.1) is 52.0 Å². The first kappa shape index (κ1) is 45.2. The van der Waals surface area contributed by atoms with Gasteiger partial charge in [-0.1, -0.05) is 113 Å². The molecule has 6 aromatic rings. The number of aromatic nitrogens is 2. The van der Waals surface area contributed by atoms with Crippen molar-refractivity contribution in [3.8, 4) is 11.5 Å². The Bertz CT molecular complexity index is 2160. The topological polar surface area (TPSA) is 153 Å². The second-order valence-electron chi connectivity index (χ2n) is 13.6. The third-order valence-electron chi connectivity index (χ3n) is 9.05. The van der Waals surface area contributed by atoms with E-state index in [1.165, 1.54) is 0 Å². The van der Waals surface area contributed by atoms with Crippen LogP contribution in [0.4, 0.5) is 0 Å². The Morgan fingerprint density at radius 2 is 1.00 bits per heavy atom. The van der Waals surface area contributed by atoms with Gasteiger partial charge >= 0.3 is 38.2 Å². The molecule has 0 unspecified atom stereocenters. The second-order valence-corrected chi connectivity index (χ2v) is 13.6. The number of hydrogen-bond donors (Lipinski definition) is 0. The van der Waals surface area contributed by atoms with Crippen molar-refractivity contribution in [1.82, 2.24) is 19.8 Å². The molecule has 2 heterocycles. The smallest absolute Gasteiger partial charge is 0.872 e. The molecule has 0 bridgehead atoms. The maximum atomic E-state index is 12.9. The van der Waals surface area contributed by atoms with Gasteiger partial charge in [0.1, 0.15) is 12.6 Å². The van der Waals surface area contributed by atoms with Gasteiger partial charge in [-0.15, -0.1) is 0 Å². The van der Waals surface area contributed by atoms with Crippen LogP contribution in [-0.2, 0) is 26.2 Å². The van der Waals surface area contributed by atoms with Gasteiger partial charge in [0.15, 0.2) is 5.78 Å². The molecule has 10 nitrogen and oxygen atoms in total. The molecule has 58 heavy (non-hydrogen) atoms. The van der Waals surface area contributed by atoms with Crippen molar-refractivity contribution < 1.29 is 67.9 Å². The third kappa shape index (κ3) is 13.6. The summed E-state index contributed by atoms with van der Waals surface area (Å²) in [6, 6.07) is 35.8. The van der Waals surface area contributed by atoms with Crippen molar-refractivity contribution in [3.63, 3.8) is 0 Å². The average Bonchev–Trinajstić information content (AvgIpc) is 3.23. The minimum absolute atomic E-state index is 0. The standard InChI is InChI=1S/C32H34N4O4.C15H12O2.Dy/c1-23-13-25(31(39)27(15-23)21-37)17-35(19-29-7-3-5-9-33-29)11-12-36(20-30-8-4-6-10-34-30)18-26-14-24(2)16-28(22-38)32(26)40;16-14(12-7-3-1-4-8-12)11-15(17)13-9-5-2-6-10-13;/h3-10,13-16,21-22,39-40H,11-12,17-20H2,1-2H3;1-11,16H;/q;;+3/p-3/b;14-11-;. The Balaban J connectivity index is 0.000000345. The van der Waals surface area contributed by atoms with E-state index in [0.29, 0.717) is 74.1 Å². The number of benzene rings is 4. The van der Waals surface area contributed by atoms with Crippen molar-refractivity contribution in [3.05, 3.63) is 196 Å². The van der Waals surface area contributed by atoms with E-state index < -0.39 is 0 Å². The number of aryl methyl sites for hydroxylation is 2. The van der Waals surface area contributed by atoms with Gasteiger partial charge < -0.3 is 15.3 Å². The maximum absolute atomic E-state index is 12.9. The van der Waals surface area contributed by atoms with Crippen LogP contribution in [0.15, 0.2) is 140 Å². The van der Waals surface area contributed by atoms with E-state index in [1.54, 1.807) is 73.1 Å². The largest absolute Gasteiger partial charge is 3.00 e. The number of hydrogen-bond acceptors (Lipinski definition) is 10. The van der Waals surface area contributed by atoms with Crippen LogP contribution in [0.3, 0.4) is 0 Å². The monoisotopic (exact) mass is 923 g/mol. The van der Waals surface area contributed by atoms with Crippen molar-refractivity contribution in [1.29, 1.82) is 0 Å². The molecule has 0 aliphatic rings. The minimum Gasteiger partial charge on any atom is -0.872 e. The van der Waals surface area contributed by atoms with Crippen LogP contribution in [0.1, 0.15) is 70.3 Å². The normalized spacial score (nSPS) is 11.0. The molecule has 0 atom stereocenters. The molecular formula is C47H43DyN4O6. The summed E-state index contributed by atoms with van der Waals surface area (Å²) in [5.41, 5.74) is 5.84. The van der Waals surface area contributed by atoms with Gasteiger partial charge in [-0.05, 0) is 73.0 Å². The minimum atomic E-state index is -0.269. The van der Waals surface area contributed by atoms with Crippen molar-refractivity contribution in [2.24, 2.45) is 0 Å². The summed E-state index contributed by atoms with van der Waals surface area (Å²) >= 11 is 0. The number of ketones is 1. The quantitative estimate of drug-likeness (QED) is 0.0501. The van der Waals surface area contributed by atoms with Gasteiger partial charge in [0, 0.05) is 68.4 Å². The van der Waals surface area contributed by atoms with Crippen molar-refractivity contribution in [2.75, 3.05) is 13.1 Å². The molecule has 0 fully saturated rings. The molecule has 1 radical (unpaired) electrons. The molecule has 2 aromatic heterocycles. The Hall–Kier alpha value is -5.48. The zero-order chi connectivity index (χ0) is 40.6. The van der Waals surface area contributed by atoms with E-state index in [-0.39, 0.29) is 72.3 Å². The van der Waals surface area contributed by atoms with Crippen LogP contribution in [-0.4, -0.2) is 51.2 Å². The Morgan fingerprint density at radius 3 is 1.40 bits per heavy atom. The predicted octanol–water partition coefficient (Wildman–Crippen LogP) is 5.84. The molecule has 11 heteroatoms. The molecule has 0 N–H and O–H groups in total. The van der Waals surface area contributed by atoms with Crippen molar-refractivity contribution in [2.45, 2.75) is 40.0 Å². The van der Waals surface area contributed by atoms with E-state index in [4.69, 9.17) is 0 Å². The number of rotatable bonds is 16. The number of aldehydes is 2. The fourth-order valence-corrected chi connectivity index (χ4v) is 6.29. The summed E-state index contributed by atoms with van der Waals surface area (Å²) in [6.45, 7) is 6.49.